The minimum atomic E-state index is -0.681. The van der Waals surface area contributed by atoms with Gasteiger partial charge in [0.05, 0.1) is 14.2 Å². The third-order valence-electron chi connectivity index (χ3n) is 4.33. The number of ether oxygens (including phenoxy) is 4. The van der Waals surface area contributed by atoms with Crippen molar-refractivity contribution in [2.24, 2.45) is 0 Å². The summed E-state index contributed by atoms with van der Waals surface area (Å²) in [5, 5.41) is 5.38. The lowest BCUT2D eigenvalue weighted by Gasteiger charge is -2.17. The fourth-order valence-electron chi connectivity index (χ4n) is 2.86. The van der Waals surface area contributed by atoms with Gasteiger partial charge in [0.1, 0.15) is 17.2 Å². The van der Waals surface area contributed by atoms with E-state index < -0.39 is 18.5 Å². The van der Waals surface area contributed by atoms with Gasteiger partial charge in [0.2, 0.25) is 5.91 Å². The molecule has 158 valence electrons. The van der Waals surface area contributed by atoms with E-state index in [0.29, 0.717) is 35.8 Å². The average molecular weight is 414 g/mol. The van der Waals surface area contributed by atoms with Crippen LogP contribution in [-0.4, -0.2) is 45.2 Å². The molecule has 1 aliphatic heterocycles. The molecule has 2 aromatic carbocycles. The Hall–Kier alpha value is -3.75. The molecule has 0 bridgehead atoms. The van der Waals surface area contributed by atoms with Crippen LogP contribution < -0.4 is 24.8 Å². The number of hydrogen-bond acceptors (Lipinski definition) is 7. The zero-order valence-corrected chi connectivity index (χ0v) is 16.7. The molecule has 9 nitrogen and oxygen atoms in total. The van der Waals surface area contributed by atoms with E-state index in [2.05, 4.69) is 10.6 Å². The molecule has 2 aromatic rings. The van der Waals surface area contributed by atoms with E-state index in [1.54, 1.807) is 36.4 Å². The summed E-state index contributed by atoms with van der Waals surface area (Å²) in [7, 11) is 3.00. The molecule has 0 saturated carbocycles. The first kappa shape index (κ1) is 21.0. The summed E-state index contributed by atoms with van der Waals surface area (Å²) in [6.07, 6.45) is 1.02. The lowest BCUT2D eigenvalue weighted by molar-refractivity contribution is -0.149. The highest BCUT2D eigenvalue weighted by Crippen LogP contribution is 2.27. The zero-order chi connectivity index (χ0) is 21.5. The highest BCUT2D eigenvalue weighted by molar-refractivity contribution is 5.94. The maximum absolute atomic E-state index is 12.0. The Morgan fingerprint density at radius 2 is 1.70 bits per heavy atom. The van der Waals surface area contributed by atoms with Crippen LogP contribution >= 0.6 is 0 Å². The van der Waals surface area contributed by atoms with Crippen molar-refractivity contribution in [2.45, 2.75) is 12.8 Å². The molecule has 30 heavy (non-hydrogen) atoms. The highest BCUT2D eigenvalue weighted by atomic mass is 16.6. The minimum Gasteiger partial charge on any atom is -0.497 e. The molecule has 1 heterocycles. The standard InChI is InChI=1S/C21H22N2O7/c1-27-16-8-14(9-17(10-16)28-2)22-20(25)11-30-21(26)12-29-15-4-5-18-13(7-15)3-6-19(24)23-18/h4-5,7-10H,3,6,11-12H2,1-2H3,(H,22,25)(H,23,24). The molecule has 2 amide bonds. The molecule has 0 fully saturated rings. The third kappa shape index (κ3) is 5.63. The quantitative estimate of drug-likeness (QED) is 0.637. The fraction of sp³-hybridized carbons (Fsp3) is 0.286. The van der Waals surface area contributed by atoms with Gasteiger partial charge >= 0.3 is 5.97 Å². The first-order valence-corrected chi connectivity index (χ1v) is 9.21. The Bertz CT molecular complexity index is 936. The molecule has 0 atom stereocenters. The fourth-order valence-corrected chi connectivity index (χ4v) is 2.86. The Kier molecular flexibility index (Phi) is 6.74. The Balaban J connectivity index is 1.46. The van der Waals surface area contributed by atoms with Crippen molar-refractivity contribution in [2.75, 3.05) is 38.1 Å². The van der Waals surface area contributed by atoms with E-state index in [9.17, 15) is 14.4 Å². The summed E-state index contributed by atoms with van der Waals surface area (Å²) in [6, 6.07) is 10.0. The maximum Gasteiger partial charge on any atom is 0.344 e. The van der Waals surface area contributed by atoms with Crippen LogP contribution in [-0.2, 0) is 25.5 Å². The summed E-state index contributed by atoms with van der Waals surface area (Å²) < 4.78 is 20.6. The topological polar surface area (TPSA) is 112 Å². The summed E-state index contributed by atoms with van der Waals surface area (Å²) in [5.74, 6) is 0.294. The number of benzene rings is 2. The van der Waals surface area contributed by atoms with Crippen LogP contribution in [0.15, 0.2) is 36.4 Å². The van der Waals surface area contributed by atoms with Crippen molar-refractivity contribution in [1.82, 2.24) is 0 Å². The van der Waals surface area contributed by atoms with Gasteiger partial charge in [-0.2, -0.15) is 0 Å². The Labute approximate surface area is 173 Å². The van der Waals surface area contributed by atoms with Gasteiger partial charge in [0.15, 0.2) is 13.2 Å². The molecule has 0 aromatic heterocycles. The smallest absolute Gasteiger partial charge is 0.344 e. The van der Waals surface area contributed by atoms with Crippen molar-refractivity contribution < 1.29 is 33.3 Å². The predicted molar refractivity (Wildman–Crippen MR) is 108 cm³/mol. The second-order valence-corrected chi connectivity index (χ2v) is 6.47. The molecule has 0 aliphatic carbocycles. The number of rotatable bonds is 8. The number of carbonyl (C=O) groups excluding carboxylic acids is 3. The van der Waals surface area contributed by atoms with Gasteiger partial charge in [0, 0.05) is 36.0 Å². The third-order valence-corrected chi connectivity index (χ3v) is 4.33. The molecule has 2 N–H and O–H groups in total. The molecule has 0 saturated heterocycles. The monoisotopic (exact) mass is 414 g/mol. The normalized spacial score (nSPS) is 12.3. The minimum absolute atomic E-state index is 0.0228. The second-order valence-electron chi connectivity index (χ2n) is 6.47. The number of anilines is 2. The summed E-state index contributed by atoms with van der Waals surface area (Å²) in [5.41, 5.74) is 2.13. The zero-order valence-electron chi connectivity index (χ0n) is 16.7. The van der Waals surface area contributed by atoms with Gasteiger partial charge in [-0.05, 0) is 30.2 Å². The van der Waals surface area contributed by atoms with E-state index in [4.69, 9.17) is 18.9 Å². The molecule has 0 unspecified atom stereocenters. The number of hydrogen-bond donors (Lipinski definition) is 2. The summed E-state index contributed by atoms with van der Waals surface area (Å²) >= 11 is 0. The number of nitrogens with one attached hydrogen (secondary N) is 2. The number of amides is 2. The molecular weight excluding hydrogens is 392 g/mol. The van der Waals surface area contributed by atoms with E-state index >= 15 is 0 Å². The van der Waals surface area contributed by atoms with Gasteiger partial charge in [-0.25, -0.2) is 4.79 Å². The summed E-state index contributed by atoms with van der Waals surface area (Å²) in [6.45, 7) is -0.802. The van der Waals surface area contributed by atoms with Crippen LogP contribution in [0, 0.1) is 0 Å². The first-order chi connectivity index (χ1) is 14.5. The van der Waals surface area contributed by atoms with Crippen molar-refractivity contribution in [1.29, 1.82) is 0 Å². The van der Waals surface area contributed by atoms with Crippen LogP contribution in [0.4, 0.5) is 11.4 Å². The Morgan fingerprint density at radius 1 is 0.967 bits per heavy atom. The predicted octanol–water partition coefficient (Wildman–Crippen LogP) is 2.15. The molecule has 9 heteroatoms. The lowest BCUT2D eigenvalue weighted by atomic mass is 10.0. The summed E-state index contributed by atoms with van der Waals surface area (Å²) in [4.78, 5) is 35.3. The SMILES string of the molecule is COc1cc(NC(=O)COC(=O)COc2ccc3c(c2)CCC(=O)N3)cc(OC)c1. The largest absolute Gasteiger partial charge is 0.497 e. The van der Waals surface area contributed by atoms with Crippen LogP contribution in [0.3, 0.4) is 0 Å². The van der Waals surface area contributed by atoms with E-state index in [1.165, 1.54) is 14.2 Å². The number of esters is 1. The van der Waals surface area contributed by atoms with E-state index in [-0.39, 0.29) is 12.5 Å². The maximum atomic E-state index is 12.0. The van der Waals surface area contributed by atoms with E-state index in [1.807, 2.05) is 0 Å². The highest BCUT2D eigenvalue weighted by Gasteiger charge is 2.16. The lowest BCUT2D eigenvalue weighted by Crippen LogP contribution is -2.23. The van der Waals surface area contributed by atoms with Crippen LogP contribution in [0.2, 0.25) is 0 Å². The van der Waals surface area contributed by atoms with Gasteiger partial charge in [0.25, 0.3) is 5.91 Å². The average Bonchev–Trinajstić information content (AvgIpc) is 2.75. The number of fused-ring (bicyclic) bond motifs is 1. The van der Waals surface area contributed by atoms with Crippen molar-refractivity contribution in [3.8, 4) is 17.2 Å². The van der Waals surface area contributed by atoms with Crippen molar-refractivity contribution in [3.63, 3.8) is 0 Å². The second kappa shape index (κ2) is 9.64. The van der Waals surface area contributed by atoms with Crippen LogP contribution in [0.25, 0.3) is 0 Å². The van der Waals surface area contributed by atoms with Gasteiger partial charge in [-0.3, -0.25) is 9.59 Å². The van der Waals surface area contributed by atoms with Crippen molar-refractivity contribution >= 4 is 29.2 Å². The molecule has 3 rings (SSSR count). The number of aryl methyl sites for hydroxylation is 1. The van der Waals surface area contributed by atoms with Crippen molar-refractivity contribution in [3.05, 3.63) is 42.0 Å². The number of methoxy groups -OCH3 is 2. The number of carbonyl (C=O) groups is 3. The molecule has 0 radical (unpaired) electrons. The molecular formula is C21H22N2O7. The Morgan fingerprint density at radius 3 is 2.40 bits per heavy atom. The van der Waals surface area contributed by atoms with Gasteiger partial charge in [-0.1, -0.05) is 0 Å². The van der Waals surface area contributed by atoms with E-state index in [0.717, 1.165) is 11.3 Å². The van der Waals surface area contributed by atoms with Gasteiger partial charge < -0.3 is 29.6 Å². The van der Waals surface area contributed by atoms with Crippen LogP contribution in [0.1, 0.15) is 12.0 Å². The van der Waals surface area contributed by atoms with Gasteiger partial charge in [-0.15, -0.1) is 0 Å². The molecule has 1 aliphatic rings. The molecule has 0 spiro atoms. The first-order valence-electron chi connectivity index (χ1n) is 9.21. The van der Waals surface area contributed by atoms with Crippen LogP contribution in [0.5, 0.6) is 17.2 Å².